The second-order valence-corrected chi connectivity index (χ2v) is 7.94. The Hall–Kier alpha value is -3.35. The number of amides is 1. The van der Waals surface area contributed by atoms with Gasteiger partial charge in [0.25, 0.3) is 0 Å². The maximum absolute atomic E-state index is 12.5. The van der Waals surface area contributed by atoms with Crippen LogP contribution in [0.5, 0.6) is 5.75 Å². The van der Waals surface area contributed by atoms with E-state index in [1.165, 1.54) is 0 Å². The van der Waals surface area contributed by atoms with E-state index in [1.807, 2.05) is 57.3 Å². The SMILES string of the molecule is CC(C)(C)OC(=O)N1CCOc2ccc(-c3ccc(-c4ncc[nH]4)nc3)cc2C1. The molecule has 2 aromatic heterocycles. The van der Waals surface area contributed by atoms with Crippen LogP contribution >= 0.6 is 0 Å². The Labute approximate surface area is 169 Å². The molecule has 150 valence electrons. The van der Waals surface area contributed by atoms with E-state index in [1.54, 1.807) is 17.3 Å². The number of rotatable bonds is 2. The van der Waals surface area contributed by atoms with Gasteiger partial charge in [0, 0.05) is 29.7 Å². The van der Waals surface area contributed by atoms with Gasteiger partial charge in [-0.2, -0.15) is 0 Å². The van der Waals surface area contributed by atoms with Gasteiger partial charge in [0.2, 0.25) is 0 Å². The number of benzene rings is 1. The van der Waals surface area contributed by atoms with Gasteiger partial charge in [-0.15, -0.1) is 0 Å². The zero-order chi connectivity index (χ0) is 20.4. The third-order valence-electron chi connectivity index (χ3n) is 4.53. The molecule has 7 nitrogen and oxygen atoms in total. The van der Waals surface area contributed by atoms with Crippen LogP contribution in [0.4, 0.5) is 4.79 Å². The maximum atomic E-state index is 12.5. The highest BCUT2D eigenvalue weighted by Crippen LogP contribution is 2.30. The van der Waals surface area contributed by atoms with Gasteiger partial charge in [-0.05, 0) is 44.5 Å². The van der Waals surface area contributed by atoms with E-state index in [-0.39, 0.29) is 6.09 Å². The number of pyridine rings is 1. The van der Waals surface area contributed by atoms with Gasteiger partial charge in [-0.3, -0.25) is 4.98 Å². The van der Waals surface area contributed by atoms with E-state index < -0.39 is 5.60 Å². The molecule has 0 atom stereocenters. The standard InChI is InChI=1S/C22H24N4O3/c1-22(2,3)29-21(27)26-10-11-28-19-7-5-15(12-17(19)14-26)16-4-6-18(25-13-16)20-23-8-9-24-20/h4-9,12-13H,10-11,14H2,1-3H3,(H,23,24). The molecule has 0 unspecified atom stereocenters. The van der Waals surface area contributed by atoms with Gasteiger partial charge in [-0.1, -0.05) is 12.1 Å². The normalized spacial score (nSPS) is 14.0. The van der Waals surface area contributed by atoms with Crippen molar-refractivity contribution in [3.8, 4) is 28.4 Å². The van der Waals surface area contributed by atoms with Gasteiger partial charge >= 0.3 is 6.09 Å². The number of nitrogens with one attached hydrogen (secondary N) is 1. The van der Waals surface area contributed by atoms with Crippen molar-refractivity contribution in [1.82, 2.24) is 19.9 Å². The lowest BCUT2D eigenvalue weighted by Crippen LogP contribution is -2.37. The van der Waals surface area contributed by atoms with Crippen molar-refractivity contribution in [2.75, 3.05) is 13.2 Å². The van der Waals surface area contributed by atoms with E-state index in [0.717, 1.165) is 34.0 Å². The molecule has 0 saturated carbocycles. The molecule has 1 aliphatic heterocycles. The second-order valence-electron chi connectivity index (χ2n) is 7.94. The summed E-state index contributed by atoms with van der Waals surface area (Å²) in [6.07, 6.45) is 4.97. The molecule has 7 heteroatoms. The number of fused-ring (bicyclic) bond motifs is 1. The first-order valence-electron chi connectivity index (χ1n) is 9.59. The number of H-pyrrole nitrogens is 1. The van der Waals surface area contributed by atoms with Gasteiger partial charge in [0.05, 0.1) is 13.1 Å². The minimum absolute atomic E-state index is 0.330. The van der Waals surface area contributed by atoms with Crippen LogP contribution in [-0.2, 0) is 11.3 Å². The smallest absolute Gasteiger partial charge is 0.410 e. The summed E-state index contributed by atoms with van der Waals surface area (Å²) in [5.74, 6) is 1.53. The van der Waals surface area contributed by atoms with Crippen LogP contribution in [-0.4, -0.2) is 44.7 Å². The van der Waals surface area contributed by atoms with Gasteiger partial charge < -0.3 is 19.4 Å². The second kappa shape index (κ2) is 7.58. The van der Waals surface area contributed by atoms with Gasteiger partial charge in [0.15, 0.2) is 5.82 Å². The van der Waals surface area contributed by atoms with Crippen molar-refractivity contribution >= 4 is 6.09 Å². The van der Waals surface area contributed by atoms with Crippen molar-refractivity contribution < 1.29 is 14.3 Å². The first-order chi connectivity index (χ1) is 13.9. The van der Waals surface area contributed by atoms with Crippen molar-refractivity contribution in [3.63, 3.8) is 0 Å². The molecule has 1 aromatic carbocycles. The molecule has 4 rings (SSSR count). The summed E-state index contributed by atoms with van der Waals surface area (Å²) in [7, 11) is 0. The molecule has 0 saturated heterocycles. The lowest BCUT2D eigenvalue weighted by molar-refractivity contribution is 0.0225. The number of hydrogen-bond donors (Lipinski definition) is 1. The van der Waals surface area contributed by atoms with E-state index >= 15 is 0 Å². The van der Waals surface area contributed by atoms with Crippen molar-refractivity contribution in [2.24, 2.45) is 0 Å². The molecule has 0 aliphatic carbocycles. The Bertz CT molecular complexity index is 992. The topological polar surface area (TPSA) is 80.3 Å². The fourth-order valence-corrected chi connectivity index (χ4v) is 3.17. The molecule has 29 heavy (non-hydrogen) atoms. The van der Waals surface area contributed by atoms with Crippen LogP contribution in [0.15, 0.2) is 48.9 Å². The van der Waals surface area contributed by atoms with Crippen LogP contribution in [0.3, 0.4) is 0 Å². The molecule has 0 radical (unpaired) electrons. The molecule has 1 amide bonds. The molecule has 0 bridgehead atoms. The maximum Gasteiger partial charge on any atom is 0.410 e. The van der Waals surface area contributed by atoms with Crippen molar-refractivity contribution in [1.29, 1.82) is 0 Å². The minimum Gasteiger partial charge on any atom is -0.491 e. The number of aromatic amines is 1. The van der Waals surface area contributed by atoms with E-state index in [0.29, 0.717) is 19.7 Å². The molecule has 3 heterocycles. The fraction of sp³-hybridized carbons (Fsp3) is 0.318. The minimum atomic E-state index is -0.531. The summed E-state index contributed by atoms with van der Waals surface area (Å²) in [4.78, 5) is 26.0. The average molecular weight is 392 g/mol. The average Bonchev–Trinajstić information content (AvgIpc) is 3.13. The predicted octanol–water partition coefficient (Wildman–Crippen LogP) is 4.27. The summed E-state index contributed by atoms with van der Waals surface area (Å²) in [5, 5.41) is 0. The monoisotopic (exact) mass is 392 g/mol. The Morgan fingerprint density at radius 3 is 2.69 bits per heavy atom. The molecule has 3 aromatic rings. The molecule has 0 fully saturated rings. The Balaban J connectivity index is 1.57. The molecular weight excluding hydrogens is 368 g/mol. The number of carbonyl (C=O) groups is 1. The third-order valence-corrected chi connectivity index (χ3v) is 4.53. The zero-order valence-electron chi connectivity index (χ0n) is 16.8. The summed E-state index contributed by atoms with van der Waals surface area (Å²) in [6, 6.07) is 9.94. The highest BCUT2D eigenvalue weighted by atomic mass is 16.6. The van der Waals surface area contributed by atoms with Gasteiger partial charge in [-0.25, -0.2) is 9.78 Å². The molecular formula is C22H24N4O3. The fourth-order valence-electron chi connectivity index (χ4n) is 3.17. The van der Waals surface area contributed by atoms with Crippen LogP contribution in [0.2, 0.25) is 0 Å². The number of imidazole rings is 1. The molecule has 1 N–H and O–H groups in total. The zero-order valence-corrected chi connectivity index (χ0v) is 16.8. The summed E-state index contributed by atoms with van der Waals surface area (Å²) in [5.41, 5.74) is 3.19. The number of aromatic nitrogens is 3. The first-order valence-corrected chi connectivity index (χ1v) is 9.59. The largest absolute Gasteiger partial charge is 0.491 e. The van der Waals surface area contributed by atoms with Crippen LogP contribution < -0.4 is 4.74 Å². The summed E-state index contributed by atoms with van der Waals surface area (Å²) < 4.78 is 11.4. The number of ether oxygens (including phenoxy) is 2. The first kappa shape index (κ1) is 19.0. The highest BCUT2D eigenvalue weighted by molar-refractivity contribution is 5.70. The lowest BCUT2D eigenvalue weighted by atomic mass is 10.0. The Morgan fingerprint density at radius 1 is 1.17 bits per heavy atom. The Morgan fingerprint density at radius 2 is 2.00 bits per heavy atom. The third kappa shape index (κ3) is 4.39. The van der Waals surface area contributed by atoms with Gasteiger partial charge in [0.1, 0.15) is 23.7 Å². The highest BCUT2D eigenvalue weighted by Gasteiger charge is 2.25. The Kier molecular flexibility index (Phi) is 4.96. The van der Waals surface area contributed by atoms with E-state index in [2.05, 4.69) is 15.0 Å². The van der Waals surface area contributed by atoms with E-state index in [9.17, 15) is 4.79 Å². The van der Waals surface area contributed by atoms with Crippen molar-refractivity contribution in [3.05, 3.63) is 54.5 Å². The lowest BCUT2D eigenvalue weighted by Gasteiger charge is -2.26. The molecule has 1 aliphatic rings. The van der Waals surface area contributed by atoms with Crippen molar-refractivity contribution in [2.45, 2.75) is 32.9 Å². The quantitative estimate of drug-likeness (QED) is 0.704. The van der Waals surface area contributed by atoms with Crippen LogP contribution in [0.1, 0.15) is 26.3 Å². The van der Waals surface area contributed by atoms with E-state index in [4.69, 9.17) is 9.47 Å². The van der Waals surface area contributed by atoms with Crippen LogP contribution in [0, 0.1) is 0 Å². The number of hydrogen-bond acceptors (Lipinski definition) is 5. The number of carbonyl (C=O) groups excluding carboxylic acids is 1. The predicted molar refractivity (Wildman–Crippen MR) is 109 cm³/mol. The molecule has 0 spiro atoms. The summed E-state index contributed by atoms with van der Waals surface area (Å²) >= 11 is 0. The summed E-state index contributed by atoms with van der Waals surface area (Å²) in [6.45, 7) is 6.96. The van der Waals surface area contributed by atoms with Crippen LogP contribution in [0.25, 0.3) is 22.6 Å². The number of nitrogens with zero attached hydrogens (tertiary/aromatic N) is 3.